The fourth-order valence-electron chi connectivity index (χ4n) is 2.30. The van der Waals surface area contributed by atoms with Crippen molar-refractivity contribution in [3.63, 3.8) is 0 Å². The number of hydrogen-bond acceptors (Lipinski definition) is 5. The van der Waals surface area contributed by atoms with Gasteiger partial charge in [-0.15, -0.1) is 22.7 Å². The van der Waals surface area contributed by atoms with Crippen LogP contribution in [0.4, 0.5) is 0 Å². The molecular weight excluding hydrogens is 326 g/mol. The molecule has 0 fully saturated rings. The summed E-state index contributed by atoms with van der Waals surface area (Å²) >= 11 is 3.40. The molecule has 0 spiro atoms. The number of rotatable bonds is 7. The lowest BCUT2D eigenvalue weighted by Crippen LogP contribution is -2.50. The Hall–Kier alpha value is -1.76. The maximum atomic E-state index is 5.53. The summed E-state index contributed by atoms with van der Waals surface area (Å²) in [5, 5.41) is 6.15. The lowest BCUT2D eigenvalue weighted by Gasteiger charge is -2.01. The predicted octanol–water partition coefficient (Wildman–Crippen LogP) is 4.12. The van der Waals surface area contributed by atoms with Crippen LogP contribution < -0.4 is 5.73 Å². The molecule has 0 amide bonds. The standard InChI is InChI=1S/C17H19N3OS2/c1-12-7-8-14(23-12)11-13(5-2-3-9-18)17-19-16(20-21-17)15-6-4-10-22-15/h4,6-8,10-11H,2-3,5,9,18H2,1H3/p+1/b13-11+. The minimum atomic E-state index is 0.628. The first-order chi connectivity index (χ1) is 11.3. The van der Waals surface area contributed by atoms with E-state index in [1.807, 2.05) is 17.5 Å². The smallest absolute Gasteiger partial charge is 0.254 e. The first kappa shape index (κ1) is 16.1. The second kappa shape index (κ2) is 7.68. The Morgan fingerprint density at radius 3 is 2.91 bits per heavy atom. The third kappa shape index (κ3) is 4.16. The average Bonchev–Trinajstić information content (AvgIpc) is 3.27. The summed E-state index contributed by atoms with van der Waals surface area (Å²) in [6.07, 6.45) is 5.29. The quantitative estimate of drug-likeness (QED) is 0.654. The number of allylic oxidation sites excluding steroid dienone is 1. The zero-order chi connectivity index (χ0) is 16.1. The van der Waals surface area contributed by atoms with Gasteiger partial charge in [-0.3, -0.25) is 0 Å². The number of thiophene rings is 2. The van der Waals surface area contributed by atoms with Gasteiger partial charge >= 0.3 is 0 Å². The molecule has 0 saturated heterocycles. The van der Waals surface area contributed by atoms with E-state index in [-0.39, 0.29) is 0 Å². The van der Waals surface area contributed by atoms with Gasteiger partial charge in [0, 0.05) is 15.3 Å². The van der Waals surface area contributed by atoms with E-state index in [1.54, 1.807) is 22.7 Å². The van der Waals surface area contributed by atoms with Crippen molar-refractivity contribution in [3.05, 3.63) is 45.3 Å². The summed E-state index contributed by atoms with van der Waals surface area (Å²) in [6.45, 7) is 3.07. The molecule has 0 aliphatic heterocycles. The van der Waals surface area contributed by atoms with E-state index in [2.05, 4.69) is 41.0 Å². The second-order valence-electron chi connectivity index (χ2n) is 5.33. The van der Waals surface area contributed by atoms with E-state index in [0.717, 1.165) is 36.3 Å². The van der Waals surface area contributed by atoms with E-state index in [1.165, 1.54) is 9.75 Å². The molecule has 120 valence electrons. The zero-order valence-corrected chi connectivity index (χ0v) is 14.8. The van der Waals surface area contributed by atoms with E-state index < -0.39 is 0 Å². The van der Waals surface area contributed by atoms with Gasteiger partial charge in [0.05, 0.1) is 11.4 Å². The van der Waals surface area contributed by atoms with E-state index in [4.69, 9.17) is 4.52 Å². The molecule has 0 bridgehead atoms. The van der Waals surface area contributed by atoms with Crippen LogP contribution >= 0.6 is 22.7 Å². The molecule has 6 heteroatoms. The Morgan fingerprint density at radius 2 is 2.22 bits per heavy atom. The van der Waals surface area contributed by atoms with Gasteiger partial charge in [0.15, 0.2) is 0 Å². The SMILES string of the molecule is Cc1ccc(/C=C(\CCCC[NH3+])c2nc(-c3cccs3)no2)s1. The maximum Gasteiger partial charge on any atom is 0.254 e. The van der Waals surface area contributed by atoms with Crippen LogP contribution in [0, 0.1) is 6.92 Å². The number of quaternary nitrogens is 1. The van der Waals surface area contributed by atoms with E-state index in [0.29, 0.717) is 11.7 Å². The topological polar surface area (TPSA) is 66.6 Å². The molecule has 0 atom stereocenters. The van der Waals surface area contributed by atoms with Crippen molar-refractivity contribution >= 4 is 34.3 Å². The Balaban J connectivity index is 1.87. The molecule has 0 unspecified atom stereocenters. The normalized spacial score (nSPS) is 12.0. The van der Waals surface area contributed by atoms with Crippen molar-refractivity contribution in [2.24, 2.45) is 0 Å². The van der Waals surface area contributed by atoms with Gasteiger partial charge in [-0.1, -0.05) is 11.2 Å². The molecule has 3 aromatic heterocycles. The van der Waals surface area contributed by atoms with E-state index >= 15 is 0 Å². The van der Waals surface area contributed by atoms with Gasteiger partial charge in [-0.2, -0.15) is 4.98 Å². The molecule has 23 heavy (non-hydrogen) atoms. The Labute approximate surface area is 143 Å². The molecule has 0 radical (unpaired) electrons. The summed E-state index contributed by atoms with van der Waals surface area (Å²) in [6, 6.07) is 8.27. The van der Waals surface area contributed by atoms with Crippen LogP contribution in [0.2, 0.25) is 0 Å². The van der Waals surface area contributed by atoms with Crippen LogP contribution in [0.25, 0.3) is 22.4 Å². The monoisotopic (exact) mass is 346 g/mol. The Kier molecular flexibility index (Phi) is 5.38. The van der Waals surface area contributed by atoms with Crippen LogP contribution in [-0.2, 0) is 0 Å². The first-order valence-corrected chi connectivity index (χ1v) is 9.40. The van der Waals surface area contributed by atoms with Crippen molar-refractivity contribution in [3.8, 4) is 10.7 Å². The molecule has 0 aromatic carbocycles. The van der Waals surface area contributed by atoms with Crippen molar-refractivity contribution in [1.82, 2.24) is 10.1 Å². The van der Waals surface area contributed by atoms with Crippen LogP contribution in [0.5, 0.6) is 0 Å². The van der Waals surface area contributed by atoms with Crippen LogP contribution in [0.3, 0.4) is 0 Å². The Bertz CT molecular complexity index is 771. The summed E-state index contributed by atoms with van der Waals surface area (Å²) in [5.74, 6) is 1.30. The zero-order valence-electron chi connectivity index (χ0n) is 13.1. The van der Waals surface area contributed by atoms with Crippen molar-refractivity contribution in [1.29, 1.82) is 0 Å². The van der Waals surface area contributed by atoms with E-state index in [9.17, 15) is 0 Å². The second-order valence-corrected chi connectivity index (χ2v) is 7.60. The van der Waals surface area contributed by atoms with Gasteiger partial charge in [-0.05, 0) is 55.8 Å². The van der Waals surface area contributed by atoms with Crippen LogP contribution in [0.1, 0.15) is 34.9 Å². The van der Waals surface area contributed by atoms with Crippen molar-refractivity contribution in [2.75, 3.05) is 6.54 Å². The minimum absolute atomic E-state index is 0.628. The lowest BCUT2D eigenvalue weighted by atomic mass is 10.1. The molecule has 0 aliphatic carbocycles. The summed E-state index contributed by atoms with van der Waals surface area (Å²) in [4.78, 5) is 8.15. The highest BCUT2D eigenvalue weighted by Gasteiger charge is 2.14. The van der Waals surface area contributed by atoms with Crippen LogP contribution in [-0.4, -0.2) is 16.7 Å². The fraction of sp³-hybridized carbons (Fsp3) is 0.294. The summed E-state index contributed by atoms with van der Waals surface area (Å²) in [5.41, 5.74) is 5.02. The third-order valence-corrected chi connectivity index (χ3v) is 5.28. The summed E-state index contributed by atoms with van der Waals surface area (Å²) < 4.78 is 5.53. The van der Waals surface area contributed by atoms with Gasteiger partial charge in [0.2, 0.25) is 5.82 Å². The Morgan fingerprint density at radius 1 is 1.30 bits per heavy atom. The van der Waals surface area contributed by atoms with Crippen LogP contribution in [0.15, 0.2) is 34.2 Å². The largest absolute Gasteiger partial charge is 0.358 e. The van der Waals surface area contributed by atoms with Gasteiger partial charge in [0.25, 0.3) is 5.89 Å². The molecule has 3 N–H and O–H groups in total. The molecule has 3 aromatic rings. The molecule has 0 saturated carbocycles. The summed E-state index contributed by atoms with van der Waals surface area (Å²) in [7, 11) is 0. The molecule has 3 rings (SSSR count). The number of hydrogen-bond donors (Lipinski definition) is 1. The predicted molar refractivity (Wildman–Crippen MR) is 96.1 cm³/mol. The fourth-order valence-corrected chi connectivity index (χ4v) is 3.79. The number of nitrogens with zero attached hydrogens (tertiary/aromatic N) is 2. The highest BCUT2D eigenvalue weighted by atomic mass is 32.1. The highest BCUT2D eigenvalue weighted by Crippen LogP contribution is 2.28. The third-order valence-electron chi connectivity index (χ3n) is 3.47. The van der Waals surface area contributed by atoms with Gasteiger partial charge < -0.3 is 10.3 Å². The average molecular weight is 347 g/mol. The van der Waals surface area contributed by atoms with Gasteiger partial charge in [0.1, 0.15) is 0 Å². The number of unbranched alkanes of at least 4 members (excludes halogenated alkanes) is 1. The highest BCUT2D eigenvalue weighted by molar-refractivity contribution is 7.13. The van der Waals surface area contributed by atoms with Crippen molar-refractivity contribution < 1.29 is 10.3 Å². The number of aromatic nitrogens is 2. The minimum Gasteiger partial charge on any atom is -0.358 e. The molecular formula is C17H20N3OS2+. The van der Waals surface area contributed by atoms with Gasteiger partial charge in [-0.25, -0.2) is 0 Å². The maximum absolute atomic E-state index is 5.53. The van der Waals surface area contributed by atoms with Crippen molar-refractivity contribution in [2.45, 2.75) is 26.2 Å². The lowest BCUT2D eigenvalue weighted by molar-refractivity contribution is -0.368. The molecule has 4 nitrogen and oxygen atoms in total. The molecule has 0 aliphatic rings. The molecule has 3 heterocycles. The number of aryl methyl sites for hydroxylation is 1. The first-order valence-electron chi connectivity index (χ1n) is 7.70.